The molecular formula is C29H50O7Si3. The maximum absolute atomic E-state index is 14.4. The Hall–Kier alpha value is -0.789. The molecule has 1 spiro atoms. The van der Waals surface area contributed by atoms with Gasteiger partial charge in [0.2, 0.25) is 0 Å². The predicted octanol–water partition coefficient (Wildman–Crippen LogP) is 5.74. The van der Waals surface area contributed by atoms with Crippen molar-refractivity contribution in [3.05, 3.63) is 12.2 Å². The van der Waals surface area contributed by atoms with Crippen LogP contribution >= 0.6 is 0 Å². The zero-order valence-corrected chi connectivity index (χ0v) is 28.9. The minimum atomic E-state index is -2.19. The Morgan fingerprint density at radius 3 is 2.03 bits per heavy atom. The Balaban J connectivity index is 1.82. The minimum Gasteiger partial charge on any atom is -0.469 e. The molecule has 3 unspecified atom stereocenters. The number of hydrogen-bond acceptors (Lipinski definition) is 7. The highest BCUT2D eigenvalue weighted by Gasteiger charge is 2.88. The van der Waals surface area contributed by atoms with E-state index in [-0.39, 0.29) is 23.3 Å². The Morgan fingerprint density at radius 1 is 0.923 bits per heavy atom. The van der Waals surface area contributed by atoms with E-state index in [9.17, 15) is 9.59 Å². The molecule has 4 aliphatic carbocycles. The fourth-order valence-corrected chi connectivity index (χ4v) is 12.7. The summed E-state index contributed by atoms with van der Waals surface area (Å²) in [5.41, 5.74) is -1.17. The van der Waals surface area contributed by atoms with Gasteiger partial charge in [-0.2, -0.15) is 0 Å². The summed E-state index contributed by atoms with van der Waals surface area (Å²) in [7, 11) is -5.03. The number of hydrogen-bond donors (Lipinski definition) is 0. The van der Waals surface area contributed by atoms with Crippen molar-refractivity contribution in [2.24, 2.45) is 34.5 Å². The van der Waals surface area contributed by atoms with Crippen LogP contribution in [0.15, 0.2) is 12.2 Å². The summed E-state index contributed by atoms with van der Waals surface area (Å²) in [6.45, 7) is 26.0. The molecule has 0 aromatic heterocycles. The van der Waals surface area contributed by atoms with Crippen LogP contribution in [0.2, 0.25) is 58.9 Å². The molecule has 1 heterocycles. The quantitative estimate of drug-likeness (QED) is 0.211. The Morgan fingerprint density at radius 2 is 1.49 bits per heavy atom. The second kappa shape index (κ2) is 8.86. The number of carbonyl (C=O) groups is 2. The van der Waals surface area contributed by atoms with E-state index in [2.05, 4.69) is 65.5 Å². The molecule has 1 saturated heterocycles. The first-order valence-electron chi connectivity index (χ1n) is 14.7. The van der Waals surface area contributed by atoms with E-state index in [0.29, 0.717) is 5.92 Å². The van der Waals surface area contributed by atoms with Crippen molar-refractivity contribution >= 4 is 36.9 Å². The molecule has 0 radical (unpaired) electrons. The second-order valence-corrected chi connectivity index (χ2v) is 29.5. The summed E-state index contributed by atoms with van der Waals surface area (Å²) >= 11 is 0. The number of allylic oxidation sites excluding steroid dienone is 1. The van der Waals surface area contributed by atoms with E-state index in [0.717, 1.165) is 25.7 Å². The van der Waals surface area contributed by atoms with Crippen LogP contribution in [0.4, 0.5) is 0 Å². The Kier molecular flexibility index (Phi) is 6.75. The van der Waals surface area contributed by atoms with Gasteiger partial charge in [-0.1, -0.05) is 12.2 Å². The molecule has 1 aliphatic heterocycles. The molecule has 5 aliphatic rings. The van der Waals surface area contributed by atoms with Crippen LogP contribution in [-0.2, 0) is 32.3 Å². The molecule has 0 aromatic rings. The summed E-state index contributed by atoms with van der Waals surface area (Å²) in [5, 5.41) is 0. The van der Waals surface area contributed by atoms with E-state index in [4.69, 9.17) is 22.8 Å². The summed E-state index contributed by atoms with van der Waals surface area (Å²) in [6.07, 6.45) is 1.99. The lowest BCUT2D eigenvalue weighted by molar-refractivity contribution is -0.203. The molecular weight excluding hydrogens is 545 g/mol. The van der Waals surface area contributed by atoms with Gasteiger partial charge in [0.25, 0.3) is 0 Å². The number of fused-ring (bicyclic) bond motifs is 1. The fourth-order valence-electron chi connectivity index (χ4n) is 9.38. The molecule has 10 heteroatoms. The van der Waals surface area contributed by atoms with E-state index >= 15 is 0 Å². The first-order valence-corrected chi connectivity index (χ1v) is 25.0. The topological polar surface area (TPSA) is 80.3 Å². The number of ether oxygens (including phenoxy) is 2. The maximum atomic E-state index is 14.4. The van der Waals surface area contributed by atoms with Gasteiger partial charge in [0.15, 0.2) is 25.0 Å². The van der Waals surface area contributed by atoms with Gasteiger partial charge in [0, 0.05) is 11.8 Å². The zero-order valence-electron chi connectivity index (χ0n) is 25.9. The van der Waals surface area contributed by atoms with Crippen LogP contribution < -0.4 is 0 Å². The van der Waals surface area contributed by atoms with E-state index in [1.807, 2.05) is 6.92 Å². The van der Waals surface area contributed by atoms with Crippen molar-refractivity contribution in [1.29, 1.82) is 0 Å². The average molecular weight is 595 g/mol. The van der Waals surface area contributed by atoms with Gasteiger partial charge >= 0.3 is 11.9 Å². The molecule has 0 amide bonds. The van der Waals surface area contributed by atoms with Gasteiger partial charge in [-0.15, -0.1) is 0 Å². The fraction of sp³-hybridized carbons (Fsp3) is 0.862. The zero-order chi connectivity index (χ0) is 29.1. The predicted molar refractivity (Wildman–Crippen MR) is 158 cm³/mol. The molecule has 5 fully saturated rings. The number of rotatable bonds is 7. The van der Waals surface area contributed by atoms with Crippen LogP contribution in [0.1, 0.15) is 32.6 Å². The van der Waals surface area contributed by atoms with Crippen LogP contribution in [-0.4, -0.2) is 67.9 Å². The lowest BCUT2D eigenvalue weighted by Gasteiger charge is -2.56. The van der Waals surface area contributed by atoms with Crippen LogP contribution in [0.5, 0.6) is 0 Å². The summed E-state index contributed by atoms with van der Waals surface area (Å²) in [6, 6.07) is 0. The normalized spacial score (nSPS) is 45.2. The number of esters is 2. The lowest BCUT2D eigenvalue weighted by Crippen LogP contribution is -2.72. The SMILES string of the molecule is C=C1C[C@]23C[C@H]1CCC2[C@@]12OC(=O)C(C)(C1[C@@H]3C(=O)OC)[C@@H](O[Si](C)(C)C)[C@@H](O[Si](C)(C)C)[C@H]2O[Si](C)(C)C. The van der Waals surface area contributed by atoms with Gasteiger partial charge in [-0.3, -0.25) is 9.59 Å². The number of carbonyl (C=O) groups excluding carboxylic acids is 2. The second-order valence-electron chi connectivity index (χ2n) is 16.1. The molecule has 5 rings (SSSR count). The van der Waals surface area contributed by atoms with Crippen molar-refractivity contribution < 1.29 is 32.3 Å². The molecule has 0 N–H and O–H groups in total. The Labute approximate surface area is 238 Å². The minimum absolute atomic E-state index is 0.0257. The van der Waals surface area contributed by atoms with E-state index in [1.54, 1.807) is 0 Å². The van der Waals surface area contributed by atoms with Gasteiger partial charge in [0.05, 0.1) is 25.2 Å². The van der Waals surface area contributed by atoms with Crippen molar-refractivity contribution in [2.45, 2.75) is 115 Å². The highest BCUT2D eigenvalue weighted by Crippen LogP contribution is 2.78. The third-order valence-electron chi connectivity index (χ3n) is 10.1. The molecule has 0 aromatic carbocycles. The van der Waals surface area contributed by atoms with E-state index < -0.39 is 66.1 Å². The third-order valence-corrected chi connectivity index (χ3v) is 13.0. The Bertz CT molecular complexity index is 1070. The van der Waals surface area contributed by atoms with E-state index in [1.165, 1.54) is 12.7 Å². The van der Waals surface area contributed by atoms with Crippen molar-refractivity contribution in [3.63, 3.8) is 0 Å². The monoisotopic (exact) mass is 594 g/mol. The average Bonchev–Trinajstić information content (AvgIpc) is 3.25. The van der Waals surface area contributed by atoms with Crippen LogP contribution in [0, 0.1) is 34.5 Å². The largest absolute Gasteiger partial charge is 0.469 e. The lowest BCUT2D eigenvalue weighted by atomic mass is 9.57. The molecule has 4 saturated carbocycles. The molecule has 10 atom stereocenters. The van der Waals surface area contributed by atoms with Crippen molar-refractivity contribution in [1.82, 2.24) is 0 Å². The van der Waals surface area contributed by atoms with Crippen molar-refractivity contribution in [2.75, 3.05) is 7.11 Å². The highest BCUT2D eigenvalue weighted by molar-refractivity contribution is 6.70. The standard InChI is InChI=1S/C29H50O7Si3/c1-17-15-28-16-18(17)13-14-19(28)29-22(20(28)25(30)32-3)27(2,26(31)33-29)23(35-38(7,8)9)21(34-37(4,5)6)24(29)36-39(10,11)12/h18-24H,1,13-16H2,2-12H3/t18-,19?,20-,21-,22?,23+,24-,27?,28+,29-/m1/s1. The van der Waals surface area contributed by atoms with Crippen molar-refractivity contribution in [3.8, 4) is 0 Å². The number of methoxy groups -OCH3 is 1. The maximum Gasteiger partial charge on any atom is 0.315 e. The van der Waals surface area contributed by atoms with Gasteiger partial charge in [-0.05, 0) is 103 Å². The van der Waals surface area contributed by atoms with Gasteiger partial charge in [0.1, 0.15) is 17.1 Å². The summed E-state index contributed by atoms with van der Waals surface area (Å²) in [5.74, 6) is -1.05. The third kappa shape index (κ3) is 4.25. The molecule has 7 nitrogen and oxygen atoms in total. The molecule has 4 bridgehead atoms. The molecule has 39 heavy (non-hydrogen) atoms. The van der Waals surface area contributed by atoms with Gasteiger partial charge < -0.3 is 22.8 Å². The van der Waals surface area contributed by atoms with Crippen LogP contribution in [0.3, 0.4) is 0 Å². The molecule has 220 valence electrons. The highest BCUT2D eigenvalue weighted by atomic mass is 28.4. The smallest absolute Gasteiger partial charge is 0.315 e. The summed E-state index contributed by atoms with van der Waals surface area (Å²) < 4.78 is 33.6. The van der Waals surface area contributed by atoms with Gasteiger partial charge in [-0.25, -0.2) is 0 Å². The van der Waals surface area contributed by atoms with Crippen LogP contribution in [0.25, 0.3) is 0 Å². The first-order chi connectivity index (χ1) is 17.7. The first kappa shape index (κ1) is 29.7. The summed E-state index contributed by atoms with van der Waals surface area (Å²) in [4.78, 5) is 28.3.